The average molecular weight is 153 g/mol. The molecule has 1 saturated heterocycles. The third-order valence-corrected chi connectivity index (χ3v) is 2.98. The Bertz CT molecular complexity index is 132. The Labute approximate surface area is 69.1 Å². The maximum atomic E-state index is 5.24. The first kappa shape index (κ1) is 7.60. The highest BCUT2D eigenvalue weighted by molar-refractivity contribution is 4.90. The Morgan fingerprint density at radius 2 is 1.91 bits per heavy atom. The zero-order valence-electron chi connectivity index (χ0n) is 7.14. The van der Waals surface area contributed by atoms with Gasteiger partial charge in [0.1, 0.15) is 0 Å². The van der Waals surface area contributed by atoms with Gasteiger partial charge in [0.05, 0.1) is 12.7 Å². The highest BCUT2D eigenvalue weighted by Gasteiger charge is 2.35. The molecular formula is C10H17O. The molecule has 1 nitrogen and oxygen atoms in total. The van der Waals surface area contributed by atoms with Gasteiger partial charge in [-0.25, -0.2) is 0 Å². The summed E-state index contributed by atoms with van der Waals surface area (Å²) < 4.78 is 5.24. The summed E-state index contributed by atoms with van der Waals surface area (Å²) >= 11 is 0. The van der Waals surface area contributed by atoms with E-state index in [9.17, 15) is 0 Å². The number of epoxide rings is 1. The van der Waals surface area contributed by atoms with Crippen molar-refractivity contribution in [3.05, 3.63) is 6.92 Å². The topological polar surface area (TPSA) is 12.5 Å². The quantitative estimate of drug-likeness (QED) is 0.555. The normalized spacial score (nSPS) is 35.2. The van der Waals surface area contributed by atoms with Crippen LogP contribution in [0.5, 0.6) is 0 Å². The Morgan fingerprint density at radius 3 is 2.45 bits per heavy atom. The van der Waals surface area contributed by atoms with Crippen molar-refractivity contribution in [2.75, 3.05) is 6.61 Å². The second-order valence-electron chi connectivity index (χ2n) is 4.22. The molecule has 1 atom stereocenters. The zero-order valence-corrected chi connectivity index (χ0v) is 7.14. The van der Waals surface area contributed by atoms with Crippen LogP contribution in [0.2, 0.25) is 0 Å². The predicted octanol–water partition coefficient (Wildman–Crippen LogP) is 2.56. The van der Waals surface area contributed by atoms with E-state index in [0.717, 1.165) is 6.61 Å². The van der Waals surface area contributed by atoms with Crippen molar-refractivity contribution in [3.8, 4) is 0 Å². The minimum atomic E-state index is 0.388. The van der Waals surface area contributed by atoms with Crippen molar-refractivity contribution >= 4 is 0 Å². The molecule has 0 aromatic carbocycles. The summed E-state index contributed by atoms with van der Waals surface area (Å²) in [5.74, 6) is 0. The van der Waals surface area contributed by atoms with E-state index in [2.05, 4.69) is 6.92 Å². The van der Waals surface area contributed by atoms with Crippen LogP contribution in [0.15, 0.2) is 0 Å². The fourth-order valence-corrected chi connectivity index (χ4v) is 2.17. The molecule has 1 aliphatic carbocycles. The summed E-state index contributed by atoms with van der Waals surface area (Å²) in [7, 11) is 0. The van der Waals surface area contributed by atoms with Gasteiger partial charge in [-0.2, -0.15) is 0 Å². The van der Waals surface area contributed by atoms with Crippen LogP contribution in [0.25, 0.3) is 0 Å². The molecule has 1 heterocycles. The molecule has 63 valence electrons. The largest absolute Gasteiger partial charge is 0.373 e. The smallest absolute Gasteiger partial charge is 0.0815 e. The highest BCUT2D eigenvalue weighted by atomic mass is 16.6. The Morgan fingerprint density at radius 1 is 1.27 bits per heavy atom. The van der Waals surface area contributed by atoms with E-state index in [1.54, 1.807) is 0 Å². The lowest BCUT2D eigenvalue weighted by Crippen LogP contribution is -2.22. The molecule has 2 fully saturated rings. The molecule has 11 heavy (non-hydrogen) atoms. The standard InChI is InChI=1S/C10H17O/c1-10(7-9-8-11-9)5-3-2-4-6-10/h9H,1-8H2. The van der Waals surface area contributed by atoms with Gasteiger partial charge in [-0.05, 0) is 31.6 Å². The van der Waals surface area contributed by atoms with Crippen LogP contribution in [0.4, 0.5) is 0 Å². The predicted molar refractivity (Wildman–Crippen MR) is 45.2 cm³/mol. The lowest BCUT2D eigenvalue weighted by atomic mass is 9.73. The maximum Gasteiger partial charge on any atom is 0.0815 e. The zero-order chi connectivity index (χ0) is 7.73. The molecule has 1 saturated carbocycles. The number of ether oxygens (including phenoxy) is 1. The molecule has 0 spiro atoms. The second kappa shape index (κ2) is 2.78. The maximum absolute atomic E-state index is 5.24. The summed E-state index contributed by atoms with van der Waals surface area (Å²) in [6.07, 6.45) is 8.63. The van der Waals surface area contributed by atoms with Gasteiger partial charge in [0, 0.05) is 0 Å². The van der Waals surface area contributed by atoms with Crippen LogP contribution in [-0.4, -0.2) is 12.7 Å². The van der Waals surface area contributed by atoms with Gasteiger partial charge in [0.15, 0.2) is 0 Å². The molecule has 0 N–H and O–H groups in total. The van der Waals surface area contributed by atoms with Crippen molar-refractivity contribution in [2.45, 2.75) is 44.6 Å². The molecule has 1 radical (unpaired) electrons. The summed E-state index contributed by atoms with van der Waals surface area (Å²) in [5.41, 5.74) is 0.388. The molecule has 0 bridgehead atoms. The summed E-state index contributed by atoms with van der Waals surface area (Å²) in [6.45, 7) is 5.33. The Kier molecular flexibility index (Phi) is 1.92. The first-order valence-corrected chi connectivity index (χ1v) is 4.76. The fraction of sp³-hybridized carbons (Fsp3) is 0.900. The van der Waals surface area contributed by atoms with Gasteiger partial charge in [-0.3, -0.25) is 0 Å². The molecule has 0 amide bonds. The third-order valence-electron chi connectivity index (χ3n) is 2.98. The van der Waals surface area contributed by atoms with Crippen molar-refractivity contribution in [1.82, 2.24) is 0 Å². The molecule has 0 aromatic heterocycles. The van der Waals surface area contributed by atoms with Crippen molar-refractivity contribution in [2.24, 2.45) is 5.41 Å². The third kappa shape index (κ3) is 1.96. The Hall–Kier alpha value is -0.0400. The minimum Gasteiger partial charge on any atom is -0.373 e. The van der Waals surface area contributed by atoms with Crippen LogP contribution in [0.3, 0.4) is 0 Å². The van der Waals surface area contributed by atoms with E-state index < -0.39 is 0 Å². The van der Waals surface area contributed by atoms with Crippen LogP contribution < -0.4 is 0 Å². The van der Waals surface area contributed by atoms with Gasteiger partial charge >= 0.3 is 0 Å². The van der Waals surface area contributed by atoms with Crippen molar-refractivity contribution < 1.29 is 4.74 Å². The SMILES string of the molecule is [CH2]C1(CC2CO2)CCCCC1. The molecule has 1 heteroatoms. The highest BCUT2D eigenvalue weighted by Crippen LogP contribution is 2.41. The van der Waals surface area contributed by atoms with Crippen LogP contribution in [0.1, 0.15) is 38.5 Å². The molecule has 2 rings (SSSR count). The van der Waals surface area contributed by atoms with E-state index in [4.69, 9.17) is 4.74 Å². The average Bonchev–Trinajstić information content (AvgIpc) is 2.72. The molecule has 1 unspecified atom stereocenters. The van der Waals surface area contributed by atoms with Gasteiger partial charge in [-0.1, -0.05) is 19.3 Å². The first-order valence-electron chi connectivity index (χ1n) is 4.76. The lowest BCUT2D eigenvalue weighted by molar-refractivity contribution is 0.209. The summed E-state index contributed by atoms with van der Waals surface area (Å²) in [5, 5.41) is 0. The lowest BCUT2D eigenvalue weighted by Gasteiger charge is -2.32. The molecular weight excluding hydrogens is 136 g/mol. The van der Waals surface area contributed by atoms with Gasteiger partial charge in [0.2, 0.25) is 0 Å². The second-order valence-corrected chi connectivity index (χ2v) is 4.22. The van der Waals surface area contributed by atoms with Crippen molar-refractivity contribution in [1.29, 1.82) is 0 Å². The van der Waals surface area contributed by atoms with E-state index in [0.29, 0.717) is 11.5 Å². The van der Waals surface area contributed by atoms with E-state index >= 15 is 0 Å². The van der Waals surface area contributed by atoms with Crippen LogP contribution in [0, 0.1) is 12.3 Å². The minimum absolute atomic E-state index is 0.388. The van der Waals surface area contributed by atoms with Crippen molar-refractivity contribution in [3.63, 3.8) is 0 Å². The van der Waals surface area contributed by atoms with E-state index in [-0.39, 0.29) is 0 Å². The molecule has 2 aliphatic rings. The van der Waals surface area contributed by atoms with Gasteiger partial charge < -0.3 is 4.74 Å². The Balaban J connectivity index is 1.84. The fourth-order valence-electron chi connectivity index (χ4n) is 2.17. The van der Waals surface area contributed by atoms with Crippen LogP contribution >= 0.6 is 0 Å². The summed E-state index contributed by atoms with van der Waals surface area (Å²) in [6, 6.07) is 0. The van der Waals surface area contributed by atoms with Gasteiger partial charge in [0.25, 0.3) is 0 Å². The van der Waals surface area contributed by atoms with Crippen LogP contribution in [-0.2, 0) is 4.74 Å². The first-order chi connectivity index (χ1) is 5.29. The molecule has 0 aromatic rings. The van der Waals surface area contributed by atoms with E-state index in [1.165, 1.54) is 38.5 Å². The number of rotatable bonds is 2. The summed E-state index contributed by atoms with van der Waals surface area (Å²) in [4.78, 5) is 0. The monoisotopic (exact) mass is 153 g/mol. The number of hydrogen-bond acceptors (Lipinski definition) is 1. The van der Waals surface area contributed by atoms with E-state index in [1.807, 2.05) is 0 Å². The molecule has 1 aliphatic heterocycles. The number of hydrogen-bond donors (Lipinski definition) is 0. The van der Waals surface area contributed by atoms with Gasteiger partial charge in [-0.15, -0.1) is 0 Å².